The van der Waals surface area contributed by atoms with Crippen molar-refractivity contribution >= 4 is 5.57 Å². The summed E-state index contributed by atoms with van der Waals surface area (Å²) in [7, 11) is 0. The molecule has 0 spiro atoms. The Kier molecular flexibility index (Phi) is 3.29. The highest BCUT2D eigenvalue weighted by Gasteiger charge is 2.37. The van der Waals surface area contributed by atoms with Crippen LogP contribution in [0.3, 0.4) is 0 Å². The van der Waals surface area contributed by atoms with Gasteiger partial charge in [-0.3, -0.25) is 4.85 Å². The molecule has 0 saturated carbocycles. The zero-order valence-electron chi connectivity index (χ0n) is 9.96. The maximum atomic E-state index is 9.05. The van der Waals surface area contributed by atoms with E-state index in [9.17, 15) is 0 Å². The molecule has 1 aliphatic rings. The summed E-state index contributed by atoms with van der Waals surface area (Å²) >= 11 is 0. The van der Waals surface area contributed by atoms with Gasteiger partial charge in [0.2, 0.25) is 0 Å². The maximum absolute atomic E-state index is 9.05. The van der Waals surface area contributed by atoms with Crippen molar-refractivity contribution in [2.75, 3.05) is 0 Å². The summed E-state index contributed by atoms with van der Waals surface area (Å²) in [5, 5.41) is 18.1. The van der Waals surface area contributed by atoms with Crippen LogP contribution >= 0.6 is 0 Å². The van der Waals surface area contributed by atoms with Gasteiger partial charge in [0.15, 0.2) is 6.07 Å². The van der Waals surface area contributed by atoms with E-state index in [1.807, 2.05) is 36.4 Å². The number of hydrogen-bond acceptors (Lipinski definition) is 2. The van der Waals surface area contributed by atoms with Crippen LogP contribution in [0.25, 0.3) is 15.3 Å². The lowest BCUT2D eigenvalue weighted by Gasteiger charge is -2.07. The minimum absolute atomic E-state index is 0.0524. The van der Waals surface area contributed by atoms with Crippen molar-refractivity contribution in [2.45, 2.75) is 18.4 Å². The van der Waals surface area contributed by atoms with E-state index in [0.29, 0.717) is 12.0 Å². The Morgan fingerprint density at radius 3 is 2.63 bits per heavy atom. The molecule has 1 aromatic rings. The van der Waals surface area contributed by atoms with Gasteiger partial charge in [-0.1, -0.05) is 24.3 Å². The minimum Gasteiger partial charge on any atom is -0.297 e. The van der Waals surface area contributed by atoms with Gasteiger partial charge in [0.1, 0.15) is 0 Å². The SMILES string of the molecule is [C-]#[N+]C(C#N)=C1CC(C(C#N)[N+]#[C-])c2ccccc21. The van der Waals surface area contributed by atoms with Gasteiger partial charge in [-0.05, 0) is 23.1 Å². The molecule has 4 nitrogen and oxygen atoms in total. The van der Waals surface area contributed by atoms with Gasteiger partial charge in [0, 0.05) is 0 Å². The lowest BCUT2D eigenvalue weighted by Crippen LogP contribution is -2.09. The Balaban J connectivity index is 2.63. The van der Waals surface area contributed by atoms with Crippen molar-refractivity contribution in [3.63, 3.8) is 0 Å². The summed E-state index contributed by atoms with van der Waals surface area (Å²) in [6.07, 6.45) is 0.408. The van der Waals surface area contributed by atoms with Crippen LogP contribution in [-0.4, -0.2) is 6.04 Å². The van der Waals surface area contributed by atoms with E-state index in [1.165, 1.54) is 0 Å². The summed E-state index contributed by atoms with van der Waals surface area (Å²) < 4.78 is 0. The van der Waals surface area contributed by atoms with Crippen molar-refractivity contribution in [1.29, 1.82) is 10.5 Å². The molecule has 19 heavy (non-hydrogen) atoms. The lowest BCUT2D eigenvalue weighted by molar-refractivity contribution is 0.716. The van der Waals surface area contributed by atoms with E-state index >= 15 is 0 Å². The van der Waals surface area contributed by atoms with Crippen LogP contribution in [0, 0.1) is 35.8 Å². The van der Waals surface area contributed by atoms with Crippen LogP contribution in [0.5, 0.6) is 0 Å². The van der Waals surface area contributed by atoms with Crippen molar-refractivity contribution in [3.05, 3.63) is 63.9 Å². The largest absolute Gasteiger partial charge is 0.314 e. The minimum atomic E-state index is -0.774. The second kappa shape index (κ2) is 5.05. The van der Waals surface area contributed by atoms with Crippen molar-refractivity contribution < 1.29 is 0 Å². The molecular weight excluding hydrogens is 236 g/mol. The Morgan fingerprint density at radius 2 is 2.05 bits per heavy atom. The highest BCUT2D eigenvalue weighted by Crippen LogP contribution is 2.45. The molecule has 1 aliphatic carbocycles. The van der Waals surface area contributed by atoms with Gasteiger partial charge < -0.3 is 0 Å². The standard InChI is InChI=1S/C15H8N4/c1-18-14(8-16)12-7-13(15(9-17)19-2)11-6-4-3-5-10(11)12/h3-6,12,14H,7H2. The Morgan fingerprint density at radius 1 is 1.32 bits per heavy atom. The summed E-state index contributed by atoms with van der Waals surface area (Å²) in [5.74, 6) is -0.251. The van der Waals surface area contributed by atoms with E-state index in [0.717, 1.165) is 11.1 Å². The first-order chi connectivity index (χ1) is 9.26. The highest BCUT2D eigenvalue weighted by molar-refractivity contribution is 5.80. The van der Waals surface area contributed by atoms with Gasteiger partial charge in [-0.15, -0.1) is 0 Å². The molecule has 2 atom stereocenters. The van der Waals surface area contributed by atoms with Crippen LogP contribution in [0.15, 0.2) is 30.0 Å². The Bertz CT molecular complexity index is 686. The molecule has 2 unspecified atom stereocenters. The fourth-order valence-electron chi connectivity index (χ4n) is 2.41. The molecule has 0 amide bonds. The summed E-state index contributed by atoms with van der Waals surface area (Å²) in [6.45, 7) is 14.1. The molecule has 0 N–H and O–H groups in total. The first-order valence-corrected chi connectivity index (χ1v) is 5.63. The maximum Gasteiger partial charge on any atom is 0.314 e. The normalized spacial score (nSPS) is 20.1. The average molecular weight is 244 g/mol. The van der Waals surface area contributed by atoms with Crippen molar-refractivity contribution in [1.82, 2.24) is 0 Å². The molecule has 0 heterocycles. The third-order valence-electron chi connectivity index (χ3n) is 3.27. The van der Waals surface area contributed by atoms with Gasteiger partial charge in [0.25, 0.3) is 5.70 Å². The summed E-state index contributed by atoms with van der Waals surface area (Å²) in [6, 6.07) is 10.5. The number of hydrogen-bond donors (Lipinski definition) is 0. The Labute approximate surface area is 111 Å². The first kappa shape index (κ1) is 12.4. The van der Waals surface area contributed by atoms with E-state index in [-0.39, 0.29) is 11.6 Å². The van der Waals surface area contributed by atoms with Gasteiger partial charge in [0.05, 0.1) is 18.6 Å². The topological polar surface area (TPSA) is 56.3 Å². The van der Waals surface area contributed by atoms with Crippen molar-refractivity contribution in [2.24, 2.45) is 0 Å². The number of nitriles is 2. The number of nitrogens with zero attached hydrogens (tertiary/aromatic N) is 4. The van der Waals surface area contributed by atoms with Crippen LogP contribution in [0.2, 0.25) is 0 Å². The number of benzene rings is 1. The van der Waals surface area contributed by atoms with E-state index in [2.05, 4.69) is 9.69 Å². The van der Waals surface area contributed by atoms with Gasteiger partial charge in [-0.25, -0.2) is 16.7 Å². The molecule has 0 aliphatic heterocycles. The van der Waals surface area contributed by atoms with Crippen LogP contribution in [0.4, 0.5) is 0 Å². The van der Waals surface area contributed by atoms with E-state index < -0.39 is 6.04 Å². The molecule has 4 heteroatoms. The smallest absolute Gasteiger partial charge is 0.297 e. The zero-order valence-corrected chi connectivity index (χ0v) is 9.96. The van der Waals surface area contributed by atoms with Crippen molar-refractivity contribution in [3.8, 4) is 12.1 Å². The fourth-order valence-corrected chi connectivity index (χ4v) is 2.41. The predicted octanol–water partition coefficient (Wildman–Crippen LogP) is 3.14. The first-order valence-electron chi connectivity index (χ1n) is 5.63. The number of allylic oxidation sites excluding steroid dienone is 2. The second-order valence-corrected chi connectivity index (χ2v) is 4.15. The molecule has 0 bridgehead atoms. The Hall–Kier alpha value is -3.08. The highest BCUT2D eigenvalue weighted by atomic mass is 14.7. The molecule has 0 fully saturated rings. The predicted molar refractivity (Wildman–Crippen MR) is 68.9 cm³/mol. The second-order valence-electron chi connectivity index (χ2n) is 4.15. The monoisotopic (exact) mass is 244 g/mol. The molecular formula is C15H8N4. The van der Waals surface area contributed by atoms with Gasteiger partial charge >= 0.3 is 6.04 Å². The van der Waals surface area contributed by atoms with Crippen LogP contribution in [0.1, 0.15) is 23.5 Å². The fraction of sp³-hybridized carbons (Fsp3) is 0.200. The molecule has 88 valence electrons. The van der Waals surface area contributed by atoms with Crippen LogP contribution < -0.4 is 0 Å². The lowest BCUT2D eigenvalue weighted by atomic mass is 9.94. The molecule has 0 saturated heterocycles. The third-order valence-corrected chi connectivity index (χ3v) is 3.27. The van der Waals surface area contributed by atoms with E-state index in [4.69, 9.17) is 23.7 Å². The summed E-state index contributed by atoms with van der Waals surface area (Å²) in [5.41, 5.74) is 2.42. The summed E-state index contributed by atoms with van der Waals surface area (Å²) in [4.78, 5) is 6.58. The quantitative estimate of drug-likeness (QED) is 0.563. The van der Waals surface area contributed by atoms with Crippen LogP contribution in [-0.2, 0) is 0 Å². The molecule has 0 radical (unpaired) electrons. The average Bonchev–Trinajstić information content (AvgIpc) is 2.82. The molecule has 2 rings (SSSR count). The van der Waals surface area contributed by atoms with Gasteiger partial charge in [-0.2, -0.15) is 5.26 Å². The van der Waals surface area contributed by atoms with E-state index in [1.54, 1.807) is 0 Å². The number of rotatable bonds is 1. The third kappa shape index (κ3) is 1.93. The molecule has 1 aromatic carbocycles. The molecule has 0 aromatic heterocycles. The zero-order chi connectivity index (χ0) is 13.8. The number of fused-ring (bicyclic) bond motifs is 1.